The molecule has 0 N–H and O–H groups in total. The molecule has 0 spiro atoms. The fraction of sp³-hybridized carbons (Fsp3) is 0.571. The normalized spacial score (nSPS) is 19.5. The predicted octanol–water partition coefficient (Wildman–Crippen LogP) is 3.89. The zero-order valence-electron chi connectivity index (χ0n) is 11.1. The van der Waals surface area contributed by atoms with Crippen LogP contribution in [0.15, 0.2) is 18.2 Å². The van der Waals surface area contributed by atoms with E-state index in [4.69, 9.17) is 0 Å². The van der Waals surface area contributed by atoms with Gasteiger partial charge in [0.25, 0.3) is 0 Å². The van der Waals surface area contributed by atoms with Gasteiger partial charge >= 0.3 is 5.69 Å². The number of hydrogen-bond acceptors (Lipinski definition) is 3. The summed E-state index contributed by atoms with van der Waals surface area (Å²) in [5, 5.41) is 11.1. The minimum Gasteiger partial charge on any atom is -0.363 e. The van der Waals surface area contributed by atoms with Crippen molar-refractivity contribution in [3.8, 4) is 0 Å². The Morgan fingerprint density at radius 3 is 2.95 bits per heavy atom. The van der Waals surface area contributed by atoms with Gasteiger partial charge in [-0.25, -0.2) is 0 Å². The van der Waals surface area contributed by atoms with Crippen LogP contribution in [0, 0.1) is 15.9 Å². The van der Waals surface area contributed by atoms with Crippen LogP contribution in [-0.2, 0) is 0 Å². The first-order valence-electron chi connectivity index (χ1n) is 6.84. The molecule has 1 fully saturated rings. The van der Waals surface area contributed by atoms with E-state index in [1.165, 1.54) is 0 Å². The number of rotatable bonds is 4. The first kappa shape index (κ1) is 13.8. The van der Waals surface area contributed by atoms with E-state index < -0.39 is 10.7 Å². The monoisotopic (exact) mass is 266 g/mol. The summed E-state index contributed by atoms with van der Waals surface area (Å²) in [6.07, 6.45) is 5.21. The van der Waals surface area contributed by atoms with Gasteiger partial charge in [0.2, 0.25) is 5.82 Å². The summed E-state index contributed by atoms with van der Waals surface area (Å²) in [7, 11) is 0. The van der Waals surface area contributed by atoms with E-state index in [1.54, 1.807) is 12.1 Å². The van der Waals surface area contributed by atoms with E-state index in [-0.39, 0.29) is 5.69 Å². The molecular formula is C14H19FN2O2. The molecule has 1 heterocycles. The minimum absolute atomic E-state index is 0.291. The summed E-state index contributed by atoms with van der Waals surface area (Å²) in [6.45, 7) is 2.88. The van der Waals surface area contributed by atoms with Crippen LogP contribution in [0.5, 0.6) is 0 Å². The van der Waals surface area contributed by atoms with Crippen LogP contribution in [0.4, 0.5) is 15.8 Å². The Balaban J connectivity index is 2.38. The highest BCUT2D eigenvalue weighted by Crippen LogP contribution is 2.35. The van der Waals surface area contributed by atoms with E-state index in [0.717, 1.165) is 44.7 Å². The van der Waals surface area contributed by atoms with Crippen LogP contribution in [0.25, 0.3) is 0 Å². The molecule has 1 aromatic carbocycles. The summed E-state index contributed by atoms with van der Waals surface area (Å²) in [6, 6.07) is 4.66. The molecule has 104 valence electrons. The van der Waals surface area contributed by atoms with Gasteiger partial charge in [-0.2, -0.15) is 4.39 Å². The molecule has 0 saturated carbocycles. The second kappa shape index (κ2) is 5.99. The molecule has 0 aromatic heterocycles. The predicted molar refractivity (Wildman–Crippen MR) is 72.9 cm³/mol. The smallest absolute Gasteiger partial charge is 0.327 e. The number of nitrogens with zero attached hydrogens (tertiary/aromatic N) is 2. The van der Waals surface area contributed by atoms with Crippen molar-refractivity contribution < 1.29 is 9.31 Å². The Bertz CT molecular complexity index is 463. The summed E-state index contributed by atoms with van der Waals surface area (Å²) in [4.78, 5) is 12.5. The van der Waals surface area contributed by atoms with Gasteiger partial charge < -0.3 is 4.90 Å². The van der Waals surface area contributed by atoms with E-state index in [2.05, 4.69) is 6.92 Å². The number of piperidine rings is 1. The lowest BCUT2D eigenvalue weighted by molar-refractivity contribution is -0.386. The average molecular weight is 266 g/mol. The van der Waals surface area contributed by atoms with Gasteiger partial charge in [0, 0.05) is 12.6 Å². The van der Waals surface area contributed by atoms with Gasteiger partial charge in [0.1, 0.15) is 5.69 Å². The molecule has 1 atom stereocenters. The van der Waals surface area contributed by atoms with Crippen molar-refractivity contribution in [3.05, 3.63) is 34.1 Å². The van der Waals surface area contributed by atoms with E-state index in [0.29, 0.717) is 11.7 Å². The molecule has 1 saturated heterocycles. The fourth-order valence-electron chi connectivity index (χ4n) is 2.87. The second-order valence-electron chi connectivity index (χ2n) is 5.00. The third-order valence-electron chi connectivity index (χ3n) is 3.71. The molecule has 5 heteroatoms. The maximum atomic E-state index is 13.7. The molecule has 0 bridgehead atoms. The summed E-state index contributed by atoms with van der Waals surface area (Å²) >= 11 is 0. The highest BCUT2D eigenvalue weighted by Gasteiger charge is 2.29. The maximum absolute atomic E-state index is 13.7. The van der Waals surface area contributed by atoms with Crippen LogP contribution in [0.3, 0.4) is 0 Å². The van der Waals surface area contributed by atoms with Gasteiger partial charge in [-0.15, -0.1) is 0 Å². The number of benzene rings is 1. The molecule has 2 rings (SSSR count). The molecule has 1 aromatic rings. The lowest BCUT2D eigenvalue weighted by atomic mass is 9.97. The second-order valence-corrected chi connectivity index (χ2v) is 5.00. The third kappa shape index (κ3) is 2.85. The zero-order valence-corrected chi connectivity index (χ0v) is 11.1. The summed E-state index contributed by atoms with van der Waals surface area (Å²) in [5.74, 6) is -0.747. The van der Waals surface area contributed by atoms with Gasteiger partial charge in [-0.1, -0.05) is 19.4 Å². The Morgan fingerprint density at radius 1 is 1.47 bits per heavy atom. The van der Waals surface area contributed by atoms with E-state index >= 15 is 0 Å². The standard InChI is InChI=1S/C14H19FN2O2/c1-2-6-11-7-3-4-10-16(11)13-9-5-8-12(15)14(13)17(18)19/h5,8-9,11H,2-4,6-7,10H2,1H3. The molecule has 0 amide bonds. The lowest BCUT2D eigenvalue weighted by Crippen LogP contribution is -2.39. The van der Waals surface area contributed by atoms with Crippen molar-refractivity contribution in [1.82, 2.24) is 0 Å². The van der Waals surface area contributed by atoms with Gasteiger partial charge in [-0.05, 0) is 37.8 Å². The minimum atomic E-state index is -0.747. The van der Waals surface area contributed by atoms with E-state index in [9.17, 15) is 14.5 Å². The topological polar surface area (TPSA) is 46.4 Å². The van der Waals surface area contributed by atoms with Crippen molar-refractivity contribution in [1.29, 1.82) is 0 Å². The molecule has 4 nitrogen and oxygen atoms in total. The quantitative estimate of drug-likeness (QED) is 0.613. The molecule has 1 unspecified atom stereocenters. The van der Waals surface area contributed by atoms with Crippen LogP contribution < -0.4 is 4.90 Å². The average Bonchev–Trinajstić information content (AvgIpc) is 2.39. The Kier molecular flexibility index (Phi) is 4.35. The number of anilines is 1. The number of hydrogen-bond donors (Lipinski definition) is 0. The summed E-state index contributed by atoms with van der Waals surface area (Å²) < 4.78 is 13.7. The summed E-state index contributed by atoms with van der Waals surface area (Å²) in [5.41, 5.74) is 0.0497. The SMILES string of the molecule is CCCC1CCCCN1c1cccc(F)c1[N+](=O)[O-]. The number of nitro benzene ring substituents is 1. The molecule has 1 aliphatic rings. The van der Waals surface area contributed by atoms with Crippen molar-refractivity contribution in [2.75, 3.05) is 11.4 Å². The molecule has 0 aliphatic carbocycles. The first-order valence-corrected chi connectivity index (χ1v) is 6.84. The highest BCUT2D eigenvalue weighted by atomic mass is 19.1. The Hall–Kier alpha value is -1.65. The number of para-hydroxylation sites is 1. The van der Waals surface area contributed by atoms with Gasteiger partial charge in [-0.3, -0.25) is 10.1 Å². The molecule has 0 radical (unpaired) electrons. The molecular weight excluding hydrogens is 247 g/mol. The van der Waals surface area contributed by atoms with Crippen molar-refractivity contribution in [2.45, 2.75) is 45.1 Å². The van der Waals surface area contributed by atoms with Crippen LogP contribution in [0.1, 0.15) is 39.0 Å². The third-order valence-corrected chi connectivity index (χ3v) is 3.71. The molecule has 19 heavy (non-hydrogen) atoms. The first-order chi connectivity index (χ1) is 9.15. The highest BCUT2D eigenvalue weighted by molar-refractivity contribution is 5.64. The number of nitro groups is 1. The Labute approximate surface area is 112 Å². The van der Waals surface area contributed by atoms with Crippen molar-refractivity contribution in [2.24, 2.45) is 0 Å². The van der Waals surface area contributed by atoms with E-state index in [1.807, 2.05) is 4.90 Å². The number of halogens is 1. The molecule has 1 aliphatic heterocycles. The largest absolute Gasteiger partial charge is 0.363 e. The zero-order chi connectivity index (χ0) is 13.8. The fourth-order valence-corrected chi connectivity index (χ4v) is 2.87. The van der Waals surface area contributed by atoms with Crippen LogP contribution in [0.2, 0.25) is 0 Å². The van der Waals surface area contributed by atoms with Crippen LogP contribution in [-0.4, -0.2) is 17.5 Å². The van der Waals surface area contributed by atoms with Crippen molar-refractivity contribution in [3.63, 3.8) is 0 Å². The van der Waals surface area contributed by atoms with Gasteiger partial charge in [0.05, 0.1) is 4.92 Å². The maximum Gasteiger partial charge on any atom is 0.327 e. The Morgan fingerprint density at radius 2 is 2.26 bits per heavy atom. The lowest BCUT2D eigenvalue weighted by Gasteiger charge is -2.37. The van der Waals surface area contributed by atoms with Gasteiger partial charge in [0.15, 0.2) is 0 Å². The van der Waals surface area contributed by atoms with Crippen LogP contribution >= 0.6 is 0 Å². The van der Waals surface area contributed by atoms with Crippen molar-refractivity contribution >= 4 is 11.4 Å².